The second kappa shape index (κ2) is 8.53. The smallest absolute Gasteiger partial charge is 0.242 e. The fourth-order valence-corrected chi connectivity index (χ4v) is 2.07. The van der Waals surface area contributed by atoms with Gasteiger partial charge in [-0.05, 0) is 24.1 Å². The molecule has 2 rings (SSSR count). The van der Waals surface area contributed by atoms with E-state index in [0.29, 0.717) is 12.2 Å². The summed E-state index contributed by atoms with van der Waals surface area (Å²) in [6.07, 6.45) is 4.38. The molecule has 2 N–H and O–H groups in total. The van der Waals surface area contributed by atoms with Crippen LogP contribution in [-0.2, 0) is 22.4 Å². The summed E-state index contributed by atoms with van der Waals surface area (Å²) in [6.45, 7) is 0. The summed E-state index contributed by atoms with van der Waals surface area (Å²) >= 11 is 0. The Morgan fingerprint density at radius 1 is 1.09 bits per heavy atom. The molecule has 0 spiro atoms. The summed E-state index contributed by atoms with van der Waals surface area (Å²) in [7, 11) is 1.55. The Morgan fingerprint density at radius 3 is 2.61 bits per heavy atom. The Balaban J connectivity index is 1.74. The molecule has 0 unspecified atom stereocenters. The largest absolute Gasteiger partial charge is 0.496 e. The monoisotopic (exact) mass is 313 g/mol. The average Bonchev–Trinajstić information content (AvgIpc) is 2.59. The van der Waals surface area contributed by atoms with Crippen molar-refractivity contribution in [1.29, 1.82) is 0 Å². The molecule has 1 aromatic heterocycles. The Kier molecular flexibility index (Phi) is 6.11. The van der Waals surface area contributed by atoms with E-state index in [4.69, 9.17) is 4.74 Å². The number of aromatic nitrogens is 1. The van der Waals surface area contributed by atoms with Crippen LogP contribution >= 0.6 is 0 Å². The number of pyridine rings is 1. The number of ether oxygens (including phenoxy) is 1. The molecule has 0 saturated carbocycles. The van der Waals surface area contributed by atoms with Gasteiger partial charge in [0.05, 0.1) is 13.5 Å². The molecule has 6 nitrogen and oxygen atoms in total. The predicted octanol–water partition coefficient (Wildman–Crippen LogP) is 1.41. The summed E-state index contributed by atoms with van der Waals surface area (Å²) < 4.78 is 5.19. The van der Waals surface area contributed by atoms with E-state index in [0.717, 1.165) is 11.1 Å². The molecule has 1 heterocycles. The number of rotatable bonds is 6. The number of para-hydroxylation sites is 1. The number of amides is 2. The summed E-state index contributed by atoms with van der Waals surface area (Å²) in [6, 6.07) is 11.0. The van der Waals surface area contributed by atoms with Crippen LogP contribution in [-0.4, -0.2) is 23.9 Å². The van der Waals surface area contributed by atoms with E-state index >= 15 is 0 Å². The van der Waals surface area contributed by atoms with Gasteiger partial charge in [0, 0.05) is 24.4 Å². The third-order valence-electron chi connectivity index (χ3n) is 3.25. The summed E-state index contributed by atoms with van der Waals surface area (Å²) in [5.41, 5.74) is 6.56. The molecule has 120 valence electrons. The molecular formula is C17H19N3O3. The van der Waals surface area contributed by atoms with Gasteiger partial charge in [-0.1, -0.05) is 24.3 Å². The first-order chi connectivity index (χ1) is 11.2. The maximum atomic E-state index is 11.9. The molecule has 23 heavy (non-hydrogen) atoms. The van der Waals surface area contributed by atoms with Crippen molar-refractivity contribution < 1.29 is 14.3 Å². The van der Waals surface area contributed by atoms with Crippen molar-refractivity contribution in [3.63, 3.8) is 0 Å². The van der Waals surface area contributed by atoms with Gasteiger partial charge < -0.3 is 4.74 Å². The van der Waals surface area contributed by atoms with E-state index in [9.17, 15) is 9.59 Å². The van der Waals surface area contributed by atoms with Crippen molar-refractivity contribution in [2.75, 3.05) is 7.11 Å². The quantitative estimate of drug-likeness (QED) is 0.790. The van der Waals surface area contributed by atoms with Crippen LogP contribution < -0.4 is 15.6 Å². The molecule has 6 heteroatoms. The zero-order chi connectivity index (χ0) is 16.5. The van der Waals surface area contributed by atoms with Crippen LogP contribution in [0.1, 0.15) is 17.5 Å². The fraction of sp³-hybridized carbons (Fsp3) is 0.235. The maximum absolute atomic E-state index is 11.9. The zero-order valence-corrected chi connectivity index (χ0v) is 12.9. The number of aryl methyl sites for hydroxylation is 1. The van der Waals surface area contributed by atoms with Crippen LogP contribution in [0.2, 0.25) is 0 Å². The van der Waals surface area contributed by atoms with Crippen LogP contribution in [0, 0.1) is 0 Å². The van der Waals surface area contributed by atoms with E-state index in [1.54, 1.807) is 25.6 Å². The van der Waals surface area contributed by atoms with Crippen molar-refractivity contribution in [1.82, 2.24) is 15.8 Å². The SMILES string of the molecule is COc1ccccc1CC(=O)NNC(=O)CCc1cccnc1. The molecule has 1 aromatic carbocycles. The summed E-state index contributed by atoms with van der Waals surface area (Å²) in [4.78, 5) is 27.6. The molecule has 0 aliphatic carbocycles. The number of nitrogens with one attached hydrogen (secondary N) is 2. The highest BCUT2D eigenvalue weighted by Gasteiger charge is 2.09. The fourth-order valence-electron chi connectivity index (χ4n) is 2.07. The van der Waals surface area contributed by atoms with Gasteiger partial charge in [-0.2, -0.15) is 0 Å². The average molecular weight is 313 g/mol. The topological polar surface area (TPSA) is 80.3 Å². The molecule has 0 bridgehead atoms. The third kappa shape index (κ3) is 5.43. The minimum atomic E-state index is -0.302. The van der Waals surface area contributed by atoms with E-state index in [1.807, 2.05) is 30.3 Å². The highest BCUT2D eigenvalue weighted by atomic mass is 16.5. The molecular weight excluding hydrogens is 294 g/mol. The first kappa shape index (κ1) is 16.5. The van der Waals surface area contributed by atoms with E-state index < -0.39 is 0 Å². The Labute approximate surface area is 134 Å². The second-order valence-corrected chi connectivity index (χ2v) is 4.95. The molecule has 0 aliphatic heterocycles. The summed E-state index contributed by atoms with van der Waals surface area (Å²) in [5, 5.41) is 0. The van der Waals surface area contributed by atoms with Gasteiger partial charge in [-0.15, -0.1) is 0 Å². The van der Waals surface area contributed by atoms with Crippen LogP contribution in [0.25, 0.3) is 0 Å². The van der Waals surface area contributed by atoms with Gasteiger partial charge in [0.15, 0.2) is 0 Å². The predicted molar refractivity (Wildman–Crippen MR) is 85.5 cm³/mol. The minimum absolute atomic E-state index is 0.132. The lowest BCUT2D eigenvalue weighted by Crippen LogP contribution is -2.42. The number of methoxy groups -OCH3 is 1. The molecule has 0 fully saturated rings. The molecule has 2 aromatic rings. The van der Waals surface area contributed by atoms with Crippen molar-refractivity contribution >= 4 is 11.8 Å². The molecule has 2 amide bonds. The highest BCUT2D eigenvalue weighted by Crippen LogP contribution is 2.17. The Morgan fingerprint density at radius 2 is 1.87 bits per heavy atom. The highest BCUT2D eigenvalue weighted by molar-refractivity contribution is 5.83. The van der Waals surface area contributed by atoms with Gasteiger partial charge in [-0.3, -0.25) is 25.4 Å². The molecule has 0 atom stereocenters. The number of hydrogen-bond acceptors (Lipinski definition) is 4. The zero-order valence-electron chi connectivity index (χ0n) is 12.9. The van der Waals surface area contributed by atoms with Gasteiger partial charge in [0.1, 0.15) is 5.75 Å². The van der Waals surface area contributed by atoms with Crippen molar-refractivity contribution in [3.8, 4) is 5.75 Å². The van der Waals surface area contributed by atoms with Crippen LogP contribution in [0.15, 0.2) is 48.8 Å². The molecule has 0 saturated heterocycles. The number of hydrogen-bond donors (Lipinski definition) is 2. The van der Waals surface area contributed by atoms with Gasteiger partial charge >= 0.3 is 0 Å². The van der Waals surface area contributed by atoms with Crippen molar-refractivity contribution in [3.05, 3.63) is 59.9 Å². The lowest BCUT2D eigenvalue weighted by atomic mass is 10.1. The number of carbonyl (C=O) groups excluding carboxylic acids is 2. The first-order valence-electron chi connectivity index (χ1n) is 7.27. The lowest BCUT2D eigenvalue weighted by molar-refractivity contribution is -0.128. The number of carbonyl (C=O) groups is 2. The number of nitrogens with zero attached hydrogens (tertiary/aromatic N) is 1. The third-order valence-corrected chi connectivity index (χ3v) is 3.25. The second-order valence-electron chi connectivity index (χ2n) is 4.95. The van der Waals surface area contributed by atoms with Gasteiger partial charge in [-0.25, -0.2) is 0 Å². The summed E-state index contributed by atoms with van der Waals surface area (Å²) in [5.74, 6) is 0.0945. The normalized spacial score (nSPS) is 9.96. The van der Waals surface area contributed by atoms with Crippen molar-refractivity contribution in [2.45, 2.75) is 19.3 Å². The molecule has 0 radical (unpaired) electrons. The number of benzene rings is 1. The lowest BCUT2D eigenvalue weighted by Gasteiger charge is -2.09. The van der Waals surface area contributed by atoms with Crippen LogP contribution in [0.4, 0.5) is 0 Å². The van der Waals surface area contributed by atoms with Crippen LogP contribution in [0.5, 0.6) is 5.75 Å². The van der Waals surface area contributed by atoms with Gasteiger partial charge in [0.25, 0.3) is 0 Å². The minimum Gasteiger partial charge on any atom is -0.496 e. The Bertz CT molecular complexity index is 659. The Hall–Kier alpha value is -2.89. The van der Waals surface area contributed by atoms with Gasteiger partial charge in [0.2, 0.25) is 11.8 Å². The van der Waals surface area contributed by atoms with E-state index in [1.165, 1.54) is 0 Å². The van der Waals surface area contributed by atoms with Crippen LogP contribution in [0.3, 0.4) is 0 Å². The molecule has 0 aliphatic rings. The van der Waals surface area contributed by atoms with E-state index in [-0.39, 0.29) is 24.7 Å². The van der Waals surface area contributed by atoms with Crippen molar-refractivity contribution in [2.24, 2.45) is 0 Å². The first-order valence-corrected chi connectivity index (χ1v) is 7.27. The number of hydrazine groups is 1. The standard InChI is InChI=1S/C17H19N3O3/c1-23-15-7-3-2-6-14(15)11-17(22)20-19-16(21)9-8-13-5-4-10-18-12-13/h2-7,10,12H,8-9,11H2,1H3,(H,19,21)(H,20,22). The van der Waals surface area contributed by atoms with E-state index in [2.05, 4.69) is 15.8 Å². The maximum Gasteiger partial charge on any atom is 0.242 e.